The maximum atomic E-state index is 12.6. The monoisotopic (exact) mass is 382 g/mol. The number of rotatable bonds is 4. The molecule has 1 aliphatic rings. The molecule has 3 rings (SSSR count). The van der Waals surface area contributed by atoms with Crippen LogP contribution in [0.4, 0.5) is 5.69 Å². The van der Waals surface area contributed by atoms with Gasteiger partial charge in [-0.15, -0.1) is 0 Å². The Morgan fingerprint density at radius 1 is 1.15 bits per heavy atom. The molecule has 1 fully saturated rings. The molecule has 1 amide bonds. The van der Waals surface area contributed by atoms with Gasteiger partial charge in [0.05, 0.1) is 10.6 Å². The molecule has 0 N–H and O–H groups in total. The van der Waals surface area contributed by atoms with Crippen LogP contribution in [0, 0.1) is 6.92 Å². The van der Waals surface area contributed by atoms with Crippen molar-refractivity contribution in [3.8, 4) is 0 Å². The van der Waals surface area contributed by atoms with Gasteiger partial charge in [-0.1, -0.05) is 60.2 Å². The van der Waals surface area contributed by atoms with Crippen LogP contribution in [0.15, 0.2) is 70.6 Å². The Hall–Kier alpha value is -2.30. The van der Waals surface area contributed by atoms with E-state index in [1.54, 1.807) is 4.90 Å². The molecule has 0 unspecified atom stereocenters. The Balaban J connectivity index is 1.86. The number of aliphatic imine (C=N–C) groups is 1. The molecule has 2 aromatic carbocycles. The minimum absolute atomic E-state index is 0.0198. The molecule has 0 aromatic heterocycles. The van der Waals surface area contributed by atoms with E-state index in [0.29, 0.717) is 21.6 Å². The van der Waals surface area contributed by atoms with Crippen LogP contribution >= 0.6 is 23.4 Å². The van der Waals surface area contributed by atoms with E-state index in [1.165, 1.54) is 11.8 Å². The summed E-state index contributed by atoms with van der Waals surface area (Å²) in [6, 6.07) is 15.6. The van der Waals surface area contributed by atoms with Crippen LogP contribution in [0.2, 0.25) is 5.02 Å². The van der Waals surface area contributed by atoms with Gasteiger partial charge in [0.25, 0.3) is 5.91 Å². The van der Waals surface area contributed by atoms with Gasteiger partial charge in [-0.3, -0.25) is 9.69 Å². The first-order chi connectivity index (χ1) is 12.6. The Labute approximate surface area is 163 Å². The van der Waals surface area contributed by atoms with Crippen molar-refractivity contribution >= 4 is 46.2 Å². The quantitative estimate of drug-likeness (QED) is 0.623. The minimum atomic E-state index is -0.0198. The van der Waals surface area contributed by atoms with Crippen molar-refractivity contribution in [2.75, 3.05) is 6.54 Å². The molecular formula is C21H19ClN2OS. The summed E-state index contributed by atoms with van der Waals surface area (Å²) >= 11 is 7.57. The molecule has 3 nitrogen and oxygen atoms in total. The first-order valence-electron chi connectivity index (χ1n) is 8.37. The summed E-state index contributed by atoms with van der Waals surface area (Å²) < 4.78 is 0. The lowest BCUT2D eigenvalue weighted by Crippen LogP contribution is -2.28. The average Bonchev–Trinajstić information content (AvgIpc) is 2.94. The summed E-state index contributed by atoms with van der Waals surface area (Å²) in [6.07, 6.45) is 5.72. The molecule has 5 heteroatoms. The number of benzene rings is 2. The van der Waals surface area contributed by atoms with E-state index >= 15 is 0 Å². The van der Waals surface area contributed by atoms with Crippen LogP contribution in [0.3, 0.4) is 0 Å². The van der Waals surface area contributed by atoms with Crippen LogP contribution in [0.5, 0.6) is 0 Å². The van der Waals surface area contributed by atoms with Gasteiger partial charge >= 0.3 is 0 Å². The van der Waals surface area contributed by atoms with Crippen molar-refractivity contribution < 1.29 is 4.79 Å². The summed E-state index contributed by atoms with van der Waals surface area (Å²) in [6.45, 7) is 4.45. The Morgan fingerprint density at radius 2 is 1.92 bits per heavy atom. The number of likely N-dealkylation sites (N-methyl/N-ethyl adjacent to an activating group) is 1. The van der Waals surface area contributed by atoms with Crippen molar-refractivity contribution in [2.45, 2.75) is 13.8 Å². The maximum absolute atomic E-state index is 12.6. The molecule has 1 aliphatic heterocycles. The van der Waals surface area contributed by atoms with E-state index in [1.807, 2.05) is 80.6 Å². The lowest BCUT2D eigenvalue weighted by Gasteiger charge is -2.12. The molecule has 1 saturated heterocycles. The van der Waals surface area contributed by atoms with Gasteiger partial charge in [-0.25, -0.2) is 4.99 Å². The number of hydrogen-bond donors (Lipinski definition) is 0. The van der Waals surface area contributed by atoms with E-state index in [2.05, 4.69) is 4.99 Å². The van der Waals surface area contributed by atoms with Crippen LogP contribution in [0.25, 0.3) is 6.08 Å². The van der Waals surface area contributed by atoms with E-state index in [9.17, 15) is 4.79 Å². The summed E-state index contributed by atoms with van der Waals surface area (Å²) in [5.74, 6) is -0.0198. The van der Waals surface area contributed by atoms with Gasteiger partial charge in [0.1, 0.15) is 0 Å². The van der Waals surface area contributed by atoms with Crippen molar-refractivity contribution in [3.05, 3.63) is 81.7 Å². The highest BCUT2D eigenvalue weighted by Crippen LogP contribution is 2.34. The SMILES string of the molecule is CCN1C(=O)/C(=C/C=C/c2ccccc2)SC1=Nc1cccc(Cl)c1C. The van der Waals surface area contributed by atoms with Crippen molar-refractivity contribution in [3.63, 3.8) is 0 Å². The third-order valence-electron chi connectivity index (χ3n) is 4.00. The third kappa shape index (κ3) is 4.09. The van der Waals surface area contributed by atoms with Gasteiger partial charge in [0.15, 0.2) is 5.17 Å². The highest BCUT2D eigenvalue weighted by Gasteiger charge is 2.31. The van der Waals surface area contributed by atoms with Gasteiger partial charge in [0, 0.05) is 11.6 Å². The fourth-order valence-electron chi connectivity index (χ4n) is 2.52. The second-order valence-electron chi connectivity index (χ2n) is 5.73. The van der Waals surface area contributed by atoms with Gasteiger partial charge < -0.3 is 0 Å². The largest absolute Gasteiger partial charge is 0.287 e. The van der Waals surface area contributed by atoms with Crippen molar-refractivity contribution in [1.82, 2.24) is 4.90 Å². The molecule has 1 heterocycles. The molecule has 132 valence electrons. The van der Waals surface area contributed by atoms with E-state index in [0.717, 1.165) is 16.8 Å². The average molecular weight is 383 g/mol. The van der Waals surface area contributed by atoms with Crippen LogP contribution in [-0.4, -0.2) is 22.5 Å². The van der Waals surface area contributed by atoms with Crippen LogP contribution in [-0.2, 0) is 4.79 Å². The number of hydrogen-bond acceptors (Lipinski definition) is 3. The van der Waals surface area contributed by atoms with Gasteiger partial charge in [-0.05, 0) is 54.9 Å². The predicted octanol–water partition coefficient (Wildman–Crippen LogP) is 5.83. The second-order valence-corrected chi connectivity index (χ2v) is 7.15. The Morgan fingerprint density at radius 3 is 2.65 bits per heavy atom. The lowest BCUT2D eigenvalue weighted by molar-refractivity contribution is -0.122. The van der Waals surface area contributed by atoms with Crippen molar-refractivity contribution in [2.24, 2.45) is 4.99 Å². The predicted molar refractivity (Wildman–Crippen MR) is 112 cm³/mol. The van der Waals surface area contributed by atoms with Gasteiger partial charge in [0.2, 0.25) is 0 Å². The smallest absolute Gasteiger partial charge is 0.266 e. The Kier molecular flexibility index (Phi) is 5.96. The molecule has 0 radical (unpaired) electrons. The first-order valence-corrected chi connectivity index (χ1v) is 9.56. The van der Waals surface area contributed by atoms with E-state index in [-0.39, 0.29) is 5.91 Å². The normalized spacial score (nSPS) is 17.8. The second kappa shape index (κ2) is 8.39. The number of allylic oxidation sites excluding steroid dienone is 2. The number of amidine groups is 1. The maximum Gasteiger partial charge on any atom is 0.266 e. The molecule has 0 spiro atoms. The zero-order valence-corrected chi connectivity index (χ0v) is 16.2. The molecule has 26 heavy (non-hydrogen) atoms. The molecule has 0 atom stereocenters. The standard InChI is InChI=1S/C21H19ClN2OS/c1-3-24-20(25)19(14-7-11-16-9-5-4-6-10-16)26-21(24)23-18-13-8-12-17(22)15(18)2/h4-14H,3H2,1-2H3/b11-7+,19-14-,23-21?. The summed E-state index contributed by atoms with van der Waals surface area (Å²) in [5, 5.41) is 1.35. The topological polar surface area (TPSA) is 32.7 Å². The van der Waals surface area contributed by atoms with E-state index in [4.69, 9.17) is 11.6 Å². The molecule has 0 saturated carbocycles. The first kappa shape index (κ1) is 18.5. The lowest BCUT2D eigenvalue weighted by atomic mass is 10.2. The highest BCUT2D eigenvalue weighted by molar-refractivity contribution is 8.18. The number of carbonyl (C=O) groups excluding carboxylic acids is 1. The molecule has 0 aliphatic carbocycles. The fraction of sp³-hybridized carbons (Fsp3) is 0.143. The molecular weight excluding hydrogens is 364 g/mol. The summed E-state index contributed by atoms with van der Waals surface area (Å²) in [4.78, 5) is 19.7. The number of thioether (sulfide) groups is 1. The minimum Gasteiger partial charge on any atom is -0.287 e. The Bertz CT molecular complexity index is 903. The zero-order chi connectivity index (χ0) is 18.5. The zero-order valence-electron chi connectivity index (χ0n) is 14.6. The van der Waals surface area contributed by atoms with Crippen LogP contribution < -0.4 is 0 Å². The van der Waals surface area contributed by atoms with E-state index < -0.39 is 0 Å². The number of nitrogens with zero attached hydrogens (tertiary/aromatic N) is 2. The summed E-state index contributed by atoms with van der Waals surface area (Å²) in [7, 11) is 0. The third-order valence-corrected chi connectivity index (χ3v) is 5.43. The number of carbonyl (C=O) groups is 1. The number of amides is 1. The number of halogens is 1. The molecule has 0 bridgehead atoms. The summed E-state index contributed by atoms with van der Waals surface area (Å²) in [5.41, 5.74) is 2.79. The van der Waals surface area contributed by atoms with Crippen molar-refractivity contribution in [1.29, 1.82) is 0 Å². The highest BCUT2D eigenvalue weighted by atomic mass is 35.5. The van der Waals surface area contributed by atoms with Gasteiger partial charge in [-0.2, -0.15) is 0 Å². The fourth-order valence-corrected chi connectivity index (χ4v) is 3.69. The van der Waals surface area contributed by atoms with Crippen LogP contribution in [0.1, 0.15) is 18.1 Å². The molecule has 2 aromatic rings.